The fourth-order valence-electron chi connectivity index (χ4n) is 4.31. The number of ether oxygens (including phenoxy) is 1. The van der Waals surface area contributed by atoms with Crippen molar-refractivity contribution < 1.29 is 9.15 Å². The lowest BCUT2D eigenvalue weighted by atomic mass is 10.0. The van der Waals surface area contributed by atoms with Gasteiger partial charge in [0.2, 0.25) is 0 Å². The van der Waals surface area contributed by atoms with Gasteiger partial charge in [0.15, 0.2) is 16.8 Å². The molecule has 4 aliphatic rings. The molecule has 25 heavy (non-hydrogen) atoms. The Morgan fingerprint density at radius 3 is 2.72 bits per heavy atom. The van der Waals surface area contributed by atoms with Crippen LogP contribution in [0.5, 0.6) is 5.75 Å². The molecule has 2 fully saturated rings. The topological polar surface area (TPSA) is 55.6 Å². The Balaban J connectivity index is 1.45. The van der Waals surface area contributed by atoms with Crippen LogP contribution < -0.4 is 10.2 Å². The van der Waals surface area contributed by atoms with Crippen LogP contribution in [0.2, 0.25) is 0 Å². The molecule has 5 rings (SSSR count). The average Bonchev–Trinajstić information content (AvgIpc) is 2.81. The minimum absolute atomic E-state index is 0.0772. The first-order valence-electron chi connectivity index (χ1n) is 8.89. The lowest BCUT2D eigenvalue weighted by Crippen LogP contribution is -2.43. The van der Waals surface area contributed by atoms with E-state index in [-0.39, 0.29) is 11.5 Å². The van der Waals surface area contributed by atoms with Crippen molar-refractivity contribution in [3.8, 4) is 17.2 Å². The second kappa shape index (κ2) is 5.56. The molecule has 3 aliphatic heterocycles. The van der Waals surface area contributed by atoms with Crippen molar-refractivity contribution in [3.05, 3.63) is 46.6 Å². The number of fused-ring (bicyclic) bond motifs is 4. The van der Waals surface area contributed by atoms with Gasteiger partial charge >= 0.3 is 0 Å². The van der Waals surface area contributed by atoms with Crippen LogP contribution in [0.1, 0.15) is 25.7 Å². The van der Waals surface area contributed by atoms with E-state index >= 15 is 0 Å². The van der Waals surface area contributed by atoms with E-state index in [1.807, 2.05) is 18.2 Å². The molecule has 0 aromatic heterocycles. The second-order valence-corrected chi connectivity index (χ2v) is 7.23. The fraction of sp³-hybridized carbons (Fsp3) is 0.400. The summed E-state index contributed by atoms with van der Waals surface area (Å²) in [6.45, 7) is 0. The largest absolute Gasteiger partial charge is 0.490 e. The fourth-order valence-corrected chi connectivity index (χ4v) is 4.31. The molecule has 3 atom stereocenters. The molecular formula is C20H20N2O3. The van der Waals surface area contributed by atoms with Gasteiger partial charge in [0.25, 0.3) is 0 Å². The molecule has 0 radical (unpaired) electrons. The molecule has 5 heteroatoms. The van der Waals surface area contributed by atoms with Crippen molar-refractivity contribution >= 4 is 11.1 Å². The van der Waals surface area contributed by atoms with Crippen LogP contribution >= 0.6 is 0 Å². The average molecular weight is 336 g/mol. The van der Waals surface area contributed by atoms with Crippen LogP contribution in [0.4, 0.5) is 0 Å². The molecule has 2 saturated heterocycles. The van der Waals surface area contributed by atoms with Crippen molar-refractivity contribution in [3.63, 3.8) is 0 Å². The third-order valence-corrected chi connectivity index (χ3v) is 5.68. The van der Waals surface area contributed by atoms with Crippen molar-refractivity contribution in [2.75, 3.05) is 7.05 Å². The van der Waals surface area contributed by atoms with E-state index in [0.29, 0.717) is 29.1 Å². The smallest absolute Gasteiger partial charge is 0.182 e. The zero-order chi connectivity index (χ0) is 17.0. The van der Waals surface area contributed by atoms with E-state index in [1.54, 1.807) is 6.07 Å². The molecule has 1 unspecified atom stereocenters. The van der Waals surface area contributed by atoms with Crippen molar-refractivity contribution in [1.29, 1.82) is 0 Å². The SMILES string of the molecule is CN1[C@@H]2CC[C@H]1CC(Oc1ccc3nc4ccc(=O)cc-4oc3c1)C2. The van der Waals surface area contributed by atoms with Crippen LogP contribution in [-0.2, 0) is 0 Å². The Morgan fingerprint density at radius 2 is 1.92 bits per heavy atom. The minimum atomic E-state index is -0.0772. The quantitative estimate of drug-likeness (QED) is 0.672. The van der Waals surface area contributed by atoms with E-state index in [0.717, 1.165) is 24.1 Å². The van der Waals surface area contributed by atoms with E-state index in [1.165, 1.54) is 25.0 Å². The first-order chi connectivity index (χ1) is 12.2. The monoisotopic (exact) mass is 336 g/mol. The molecule has 0 saturated carbocycles. The Morgan fingerprint density at radius 1 is 1.12 bits per heavy atom. The highest BCUT2D eigenvalue weighted by atomic mass is 16.5. The summed E-state index contributed by atoms with van der Waals surface area (Å²) in [4.78, 5) is 18.6. The summed E-state index contributed by atoms with van der Waals surface area (Å²) in [7, 11) is 2.23. The zero-order valence-electron chi connectivity index (χ0n) is 14.1. The van der Waals surface area contributed by atoms with Crippen LogP contribution in [0, 0.1) is 0 Å². The number of benzene rings is 2. The number of aromatic nitrogens is 1. The van der Waals surface area contributed by atoms with E-state index in [4.69, 9.17) is 9.15 Å². The number of nitrogens with zero attached hydrogens (tertiary/aromatic N) is 2. The standard InChI is InChI=1S/C20H20N2O3/c1-22-12-2-3-13(22)9-16(8-12)24-15-5-7-18-20(11-15)25-19-10-14(23)4-6-17(19)21-18/h4-7,10-13,16H,2-3,8-9H2,1H3/t12-,13+,16?. The summed E-state index contributed by atoms with van der Waals surface area (Å²) in [5.41, 5.74) is 2.02. The van der Waals surface area contributed by atoms with Gasteiger partial charge in [-0.15, -0.1) is 0 Å². The van der Waals surface area contributed by atoms with Gasteiger partial charge in [-0.3, -0.25) is 4.79 Å². The van der Waals surface area contributed by atoms with Gasteiger partial charge in [0.05, 0.1) is 0 Å². The highest BCUT2D eigenvalue weighted by Crippen LogP contribution is 2.36. The van der Waals surface area contributed by atoms with Crippen LogP contribution in [0.15, 0.2) is 45.6 Å². The highest BCUT2D eigenvalue weighted by molar-refractivity contribution is 5.77. The number of rotatable bonds is 2. The molecule has 0 N–H and O–H groups in total. The summed E-state index contributed by atoms with van der Waals surface area (Å²) in [5.74, 6) is 1.32. The Hall–Kier alpha value is -2.40. The van der Waals surface area contributed by atoms with Gasteiger partial charge in [0.1, 0.15) is 23.1 Å². The van der Waals surface area contributed by atoms with Crippen LogP contribution in [0.25, 0.3) is 22.6 Å². The molecule has 1 aromatic rings. The molecule has 0 amide bonds. The first-order valence-corrected chi connectivity index (χ1v) is 8.89. The third kappa shape index (κ3) is 2.59. The lowest BCUT2D eigenvalue weighted by Gasteiger charge is -2.36. The molecule has 128 valence electrons. The van der Waals surface area contributed by atoms with E-state index in [9.17, 15) is 4.79 Å². The van der Waals surface area contributed by atoms with Crippen molar-refractivity contribution in [2.24, 2.45) is 0 Å². The van der Waals surface area contributed by atoms with Gasteiger partial charge in [-0.25, -0.2) is 4.98 Å². The van der Waals surface area contributed by atoms with Crippen molar-refractivity contribution in [2.45, 2.75) is 43.9 Å². The molecule has 3 heterocycles. The summed E-state index contributed by atoms with van der Waals surface area (Å²) < 4.78 is 12.1. The molecule has 0 spiro atoms. The van der Waals surface area contributed by atoms with Gasteiger partial charge < -0.3 is 14.1 Å². The maximum Gasteiger partial charge on any atom is 0.182 e. The second-order valence-electron chi connectivity index (χ2n) is 7.23. The Bertz CT molecular complexity index is 953. The lowest BCUT2D eigenvalue weighted by molar-refractivity contribution is 0.0662. The summed E-state index contributed by atoms with van der Waals surface area (Å²) >= 11 is 0. The summed E-state index contributed by atoms with van der Waals surface area (Å²) in [6, 6.07) is 11.7. The van der Waals surface area contributed by atoms with Crippen molar-refractivity contribution in [1.82, 2.24) is 9.88 Å². The molecule has 1 aromatic carbocycles. The Labute approximate surface area is 145 Å². The maximum absolute atomic E-state index is 11.5. The van der Waals surface area contributed by atoms with E-state index in [2.05, 4.69) is 16.9 Å². The summed E-state index contributed by atoms with van der Waals surface area (Å²) in [5, 5.41) is 0. The van der Waals surface area contributed by atoms with Crippen LogP contribution in [0.3, 0.4) is 0 Å². The molecule has 2 bridgehead atoms. The predicted octanol–water partition coefficient (Wildman–Crippen LogP) is 3.30. The van der Waals surface area contributed by atoms with Gasteiger partial charge in [-0.05, 0) is 57.0 Å². The van der Waals surface area contributed by atoms with Gasteiger partial charge in [-0.1, -0.05) is 0 Å². The van der Waals surface area contributed by atoms with E-state index < -0.39 is 0 Å². The minimum Gasteiger partial charge on any atom is -0.490 e. The zero-order valence-corrected chi connectivity index (χ0v) is 14.1. The normalized spacial score (nSPS) is 26.4. The van der Waals surface area contributed by atoms with Gasteiger partial charge in [0, 0.05) is 24.2 Å². The molecule has 1 aliphatic carbocycles. The van der Waals surface area contributed by atoms with Gasteiger partial charge in [-0.2, -0.15) is 0 Å². The van der Waals surface area contributed by atoms with Crippen LogP contribution in [-0.4, -0.2) is 35.1 Å². The maximum atomic E-state index is 11.5. The number of hydrogen-bond donors (Lipinski definition) is 0. The number of hydrogen-bond acceptors (Lipinski definition) is 5. The summed E-state index contributed by atoms with van der Waals surface area (Å²) in [6.07, 6.45) is 4.98. The third-order valence-electron chi connectivity index (χ3n) is 5.68. The Kier molecular flexibility index (Phi) is 3.31. The molecular weight excluding hydrogens is 316 g/mol. The molecule has 5 nitrogen and oxygen atoms in total. The highest BCUT2D eigenvalue weighted by Gasteiger charge is 2.39. The predicted molar refractivity (Wildman–Crippen MR) is 95.1 cm³/mol. The number of piperidine rings is 1. The first kappa shape index (κ1) is 14.9.